The third-order valence-corrected chi connectivity index (χ3v) is 2.72. The van der Waals surface area contributed by atoms with Crippen molar-refractivity contribution in [1.29, 1.82) is 0 Å². The molecule has 0 aliphatic carbocycles. The van der Waals surface area contributed by atoms with Crippen molar-refractivity contribution in [2.75, 3.05) is 13.1 Å². The van der Waals surface area contributed by atoms with Crippen molar-refractivity contribution >= 4 is 11.8 Å². The molecule has 0 saturated heterocycles. The van der Waals surface area contributed by atoms with E-state index in [1.54, 1.807) is 6.92 Å². The molecule has 2 heterocycles. The van der Waals surface area contributed by atoms with E-state index in [1.807, 2.05) is 27.7 Å². The highest BCUT2D eigenvalue weighted by molar-refractivity contribution is 5.72. The van der Waals surface area contributed by atoms with Gasteiger partial charge in [-0.05, 0) is 12.8 Å². The quantitative estimate of drug-likeness (QED) is 0.479. The van der Waals surface area contributed by atoms with Crippen molar-refractivity contribution in [3.63, 3.8) is 0 Å². The first-order valence-corrected chi connectivity index (χ1v) is 11.1. The molecular weight excluding hydrogens is 396 g/mol. The van der Waals surface area contributed by atoms with Crippen LogP contribution in [0.1, 0.15) is 87.5 Å². The first-order valence-electron chi connectivity index (χ1n) is 11.1. The Kier molecular flexibility index (Phi) is 43.6. The van der Waals surface area contributed by atoms with Gasteiger partial charge in [-0.2, -0.15) is 10.2 Å². The van der Waals surface area contributed by atoms with Crippen LogP contribution in [-0.2, 0) is 9.59 Å². The molecule has 0 radical (unpaired) electrons. The second-order valence-electron chi connectivity index (χ2n) is 5.33. The molecule has 0 atom stereocenters. The molecule has 0 spiro atoms. The molecule has 0 fully saturated rings. The number of rotatable bonds is 7. The molecule has 0 aromatic carbocycles. The summed E-state index contributed by atoms with van der Waals surface area (Å²) in [5, 5.41) is 17.4. The van der Waals surface area contributed by atoms with Crippen LogP contribution in [0, 0.1) is 0 Å². The molecule has 0 aliphatic heterocycles. The zero-order valence-electron chi connectivity index (χ0n) is 20.9. The number of carbonyl (C=O) groups is 2. The van der Waals surface area contributed by atoms with Crippen LogP contribution in [0.3, 0.4) is 0 Å². The molecule has 0 saturated carbocycles. The van der Waals surface area contributed by atoms with Crippen molar-refractivity contribution in [3.05, 3.63) is 25.3 Å². The smallest absolute Gasteiger partial charge is 0.216 e. The Balaban J connectivity index is -0.000000151. The van der Waals surface area contributed by atoms with E-state index in [0.29, 0.717) is 0 Å². The zero-order valence-corrected chi connectivity index (χ0v) is 20.9. The number of H-pyrrole nitrogens is 2. The third kappa shape index (κ3) is 52.2. The van der Waals surface area contributed by atoms with Crippen LogP contribution < -0.4 is 10.6 Å². The summed E-state index contributed by atoms with van der Waals surface area (Å²) >= 11 is 0. The summed E-state index contributed by atoms with van der Waals surface area (Å²) < 4.78 is 0. The molecule has 2 rings (SSSR count). The van der Waals surface area contributed by atoms with Gasteiger partial charge in [0, 0.05) is 26.9 Å². The van der Waals surface area contributed by atoms with E-state index in [1.165, 1.54) is 45.1 Å². The summed E-state index contributed by atoms with van der Waals surface area (Å²) in [7, 11) is 0. The van der Waals surface area contributed by atoms with Gasteiger partial charge in [0.1, 0.15) is 25.3 Å². The number of nitrogens with one attached hydrogen (secondary N) is 4. The predicted octanol–water partition coefficient (Wildman–Crippen LogP) is 3.90. The number of aromatic amines is 2. The van der Waals surface area contributed by atoms with Gasteiger partial charge in [-0.3, -0.25) is 19.8 Å². The maximum Gasteiger partial charge on any atom is 0.216 e. The second kappa shape index (κ2) is 37.9. The van der Waals surface area contributed by atoms with E-state index < -0.39 is 0 Å². The van der Waals surface area contributed by atoms with Gasteiger partial charge in [0.05, 0.1) is 0 Å². The standard InChI is InChI=1S/C7H15NO.C6H13NO.2C2H3N3.2C2H6/c1-3-4-5-6-8-7(2)9;1-3-4-5-7-6(2)8;2*1-3-2-5-4-1;2*1-2/h3-6H2,1-2H3,(H,8,9);3-5H2,1-2H3,(H,7,8);2*1-2H,(H,3,4,5);2*1-2H3. The topological polar surface area (TPSA) is 141 Å². The monoisotopic (exact) mass is 442 g/mol. The number of hydrogen-bond acceptors (Lipinski definition) is 6. The van der Waals surface area contributed by atoms with Crippen LogP contribution in [0.2, 0.25) is 0 Å². The predicted molar refractivity (Wildman–Crippen MR) is 127 cm³/mol. The lowest BCUT2D eigenvalue weighted by Gasteiger charge is -1.98. The van der Waals surface area contributed by atoms with Gasteiger partial charge in [0.2, 0.25) is 11.8 Å². The largest absolute Gasteiger partial charge is 0.356 e. The van der Waals surface area contributed by atoms with Gasteiger partial charge in [0.15, 0.2) is 0 Å². The lowest BCUT2D eigenvalue weighted by Crippen LogP contribution is -2.20. The molecule has 2 aromatic heterocycles. The van der Waals surface area contributed by atoms with Crippen molar-refractivity contribution in [2.24, 2.45) is 0 Å². The van der Waals surface area contributed by atoms with Crippen molar-refractivity contribution in [1.82, 2.24) is 41.0 Å². The molecule has 2 aromatic rings. The number of hydrogen-bond donors (Lipinski definition) is 4. The van der Waals surface area contributed by atoms with Crippen LogP contribution in [0.5, 0.6) is 0 Å². The Morgan fingerprint density at radius 2 is 1.10 bits per heavy atom. The molecule has 31 heavy (non-hydrogen) atoms. The van der Waals surface area contributed by atoms with Gasteiger partial charge < -0.3 is 10.6 Å². The normalized spacial score (nSPS) is 7.87. The van der Waals surface area contributed by atoms with Crippen LogP contribution in [0.25, 0.3) is 0 Å². The van der Waals surface area contributed by atoms with Crippen molar-refractivity contribution < 1.29 is 9.59 Å². The fourth-order valence-corrected chi connectivity index (χ4v) is 1.41. The number of aromatic nitrogens is 6. The molecule has 2 amide bonds. The summed E-state index contributed by atoms with van der Waals surface area (Å²) in [5.74, 6) is 0.143. The fraction of sp³-hybridized carbons (Fsp3) is 0.714. The van der Waals surface area contributed by atoms with Crippen molar-refractivity contribution in [3.8, 4) is 0 Å². The first kappa shape index (κ1) is 35.6. The number of nitrogens with zero attached hydrogens (tertiary/aromatic N) is 4. The summed E-state index contributed by atoms with van der Waals surface area (Å²) in [6, 6.07) is 0. The molecule has 10 heteroatoms. The maximum absolute atomic E-state index is 10.3. The molecule has 4 N–H and O–H groups in total. The van der Waals surface area contributed by atoms with E-state index in [9.17, 15) is 9.59 Å². The van der Waals surface area contributed by atoms with E-state index in [-0.39, 0.29) is 11.8 Å². The Morgan fingerprint density at radius 3 is 1.32 bits per heavy atom. The average molecular weight is 443 g/mol. The van der Waals surface area contributed by atoms with Crippen molar-refractivity contribution in [2.45, 2.75) is 87.5 Å². The van der Waals surface area contributed by atoms with E-state index in [0.717, 1.165) is 32.4 Å². The highest BCUT2D eigenvalue weighted by Gasteiger charge is 1.88. The average Bonchev–Trinajstić information content (AvgIpc) is 3.54. The van der Waals surface area contributed by atoms with Gasteiger partial charge in [-0.25, -0.2) is 9.97 Å². The molecule has 0 bridgehead atoms. The van der Waals surface area contributed by atoms with Crippen LogP contribution in [0.15, 0.2) is 25.3 Å². The molecule has 0 aliphatic rings. The molecular formula is C21H46N8O2. The molecule has 182 valence electrons. The van der Waals surface area contributed by atoms with E-state index in [2.05, 4.69) is 54.8 Å². The Morgan fingerprint density at radius 1 is 0.710 bits per heavy atom. The maximum atomic E-state index is 10.3. The number of carbonyl (C=O) groups excluding carboxylic acids is 2. The second-order valence-corrected chi connectivity index (χ2v) is 5.33. The third-order valence-electron chi connectivity index (χ3n) is 2.72. The minimum atomic E-state index is 0.0680. The summed E-state index contributed by atoms with van der Waals surface area (Å²) in [6.45, 7) is 17.0. The fourth-order valence-electron chi connectivity index (χ4n) is 1.41. The number of amides is 2. The van der Waals surface area contributed by atoms with E-state index in [4.69, 9.17) is 0 Å². The Bertz CT molecular complexity index is 445. The Labute approximate surface area is 188 Å². The highest BCUT2D eigenvalue weighted by Crippen LogP contribution is 1.90. The first-order chi connectivity index (χ1) is 15.0. The lowest BCUT2D eigenvalue weighted by atomic mass is 10.2. The van der Waals surface area contributed by atoms with Gasteiger partial charge in [0.25, 0.3) is 0 Å². The molecule has 0 unspecified atom stereocenters. The van der Waals surface area contributed by atoms with Crippen LogP contribution in [-0.4, -0.2) is 55.3 Å². The summed E-state index contributed by atoms with van der Waals surface area (Å²) in [5.41, 5.74) is 0. The van der Waals surface area contributed by atoms with Crippen LogP contribution >= 0.6 is 0 Å². The highest BCUT2D eigenvalue weighted by atomic mass is 16.1. The summed E-state index contributed by atoms with van der Waals surface area (Å²) in [6.07, 6.45) is 11.7. The Hall–Kier alpha value is -2.78. The zero-order chi connectivity index (χ0) is 24.6. The van der Waals surface area contributed by atoms with Crippen LogP contribution in [0.4, 0.5) is 0 Å². The lowest BCUT2D eigenvalue weighted by molar-refractivity contribution is -0.119. The summed E-state index contributed by atoms with van der Waals surface area (Å²) in [4.78, 5) is 27.6. The van der Waals surface area contributed by atoms with E-state index >= 15 is 0 Å². The van der Waals surface area contributed by atoms with Gasteiger partial charge in [-0.15, -0.1) is 0 Å². The van der Waals surface area contributed by atoms with Gasteiger partial charge in [-0.1, -0.05) is 60.8 Å². The minimum absolute atomic E-state index is 0.0680. The SMILES string of the molecule is CC.CC.CCCCCNC(C)=O.CCCCNC(C)=O.c1nc[nH]n1.c1nc[nH]n1. The van der Waals surface area contributed by atoms with Gasteiger partial charge >= 0.3 is 0 Å². The number of unbranched alkanes of at least 4 members (excludes halogenated alkanes) is 3. The minimum Gasteiger partial charge on any atom is -0.356 e. The molecule has 10 nitrogen and oxygen atoms in total.